The predicted molar refractivity (Wildman–Crippen MR) is 86.3 cm³/mol. The smallest absolute Gasteiger partial charge is 0.335 e. The fourth-order valence-electron chi connectivity index (χ4n) is 3.03. The fourth-order valence-corrected chi connectivity index (χ4v) is 3.03. The second-order valence-corrected chi connectivity index (χ2v) is 5.80. The Morgan fingerprint density at radius 2 is 1.91 bits per heavy atom. The van der Waals surface area contributed by atoms with E-state index in [-0.39, 0.29) is 17.2 Å². The maximum atomic E-state index is 12.2. The molecule has 0 unspecified atom stereocenters. The molecule has 0 saturated heterocycles. The van der Waals surface area contributed by atoms with Gasteiger partial charge in [-0.1, -0.05) is 25.7 Å². The summed E-state index contributed by atoms with van der Waals surface area (Å²) in [5.74, 6) is -0.0000515. The minimum absolute atomic E-state index is 0.0359. The summed E-state index contributed by atoms with van der Waals surface area (Å²) in [6, 6.07) is 2.76. The molecule has 0 aromatic heterocycles. The standard InChI is InChI=1S/C17H23NO5/c1-22-14-10-12(17(20)21)9-13(16(14)23-2)18-15(19)8-7-11-5-3-4-6-11/h9-11H,3-8H2,1-2H3,(H,18,19)(H,20,21). The number of hydrogen-bond acceptors (Lipinski definition) is 4. The van der Waals surface area contributed by atoms with Gasteiger partial charge in [0.2, 0.25) is 5.91 Å². The Morgan fingerprint density at radius 1 is 1.22 bits per heavy atom. The fraction of sp³-hybridized carbons (Fsp3) is 0.529. The van der Waals surface area contributed by atoms with E-state index in [1.165, 1.54) is 52.0 Å². The van der Waals surface area contributed by atoms with Gasteiger partial charge in [-0.15, -0.1) is 0 Å². The molecule has 0 bridgehead atoms. The van der Waals surface area contributed by atoms with Gasteiger partial charge in [0, 0.05) is 6.42 Å². The Morgan fingerprint density at radius 3 is 2.48 bits per heavy atom. The highest BCUT2D eigenvalue weighted by Gasteiger charge is 2.19. The lowest BCUT2D eigenvalue weighted by atomic mass is 10.0. The third-order valence-electron chi connectivity index (χ3n) is 4.25. The molecule has 1 fully saturated rings. The first-order chi connectivity index (χ1) is 11.0. The minimum Gasteiger partial charge on any atom is -0.493 e. The lowest BCUT2D eigenvalue weighted by molar-refractivity contribution is -0.116. The van der Waals surface area contributed by atoms with Gasteiger partial charge in [0.25, 0.3) is 0 Å². The Hall–Kier alpha value is -2.24. The monoisotopic (exact) mass is 321 g/mol. The number of nitrogens with one attached hydrogen (secondary N) is 1. The number of carboxylic acids is 1. The summed E-state index contributed by atoms with van der Waals surface area (Å²) in [7, 11) is 2.88. The first-order valence-electron chi connectivity index (χ1n) is 7.84. The second-order valence-electron chi connectivity index (χ2n) is 5.80. The van der Waals surface area contributed by atoms with Crippen molar-refractivity contribution in [2.24, 2.45) is 5.92 Å². The van der Waals surface area contributed by atoms with Crippen LogP contribution in [0.15, 0.2) is 12.1 Å². The molecule has 126 valence electrons. The zero-order valence-corrected chi connectivity index (χ0v) is 13.6. The number of amides is 1. The third kappa shape index (κ3) is 4.37. The van der Waals surface area contributed by atoms with Crippen molar-refractivity contribution in [1.82, 2.24) is 0 Å². The van der Waals surface area contributed by atoms with Gasteiger partial charge in [0.05, 0.1) is 25.5 Å². The molecular formula is C17H23NO5. The lowest BCUT2D eigenvalue weighted by Crippen LogP contribution is -2.14. The molecule has 1 saturated carbocycles. The molecule has 1 amide bonds. The Labute approximate surface area is 135 Å². The van der Waals surface area contributed by atoms with E-state index in [0.717, 1.165) is 6.42 Å². The molecule has 6 heteroatoms. The molecule has 23 heavy (non-hydrogen) atoms. The summed E-state index contributed by atoms with van der Waals surface area (Å²) in [6.07, 6.45) is 6.17. The summed E-state index contributed by atoms with van der Waals surface area (Å²) in [5, 5.41) is 11.9. The van der Waals surface area contributed by atoms with Gasteiger partial charge in [-0.25, -0.2) is 4.79 Å². The van der Waals surface area contributed by atoms with Crippen molar-refractivity contribution in [3.8, 4) is 11.5 Å². The van der Waals surface area contributed by atoms with Gasteiger partial charge in [0.15, 0.2) is 11.5 Å². The molecule has 1 aliphatic rings. The Bertz CT molecular complexity index is 579. The van der Waals surface area contributed by atoms with E-state index in [1.807, 2.05) is 0 Å². The highest BCUT2D eigenvalue weighted by Crippen LogP contribution is 2.37. The summed E-state index contributed by atoms with van der Waals surface area (Å²) < 4.78 is 10.4. The van der Waals surface area contributed by atoms with E-state index >= 15 is 0 Å². The number of methoxy groups -OCH3 is 2. The first kappa shape index (κ1) is 17.1. The van der Waals surface area contributed by atoms with Crippen LogP contribution < -0.4 is 14.8 Å². The van der Waals surface area contributed by atoms with E-state index in [1.54, 1.807) is 0 Å². The van der Waals surface area contributed by atoms with Crippen molar-refractivity contribution in [3.05, 3.63) is 17.7 Å². The molecule has 1 aromatic rings. The molecule has 0 heterocycles. The van der Waals surface area contributed by atoms with Crippen molar-refractivity contribution in [3.63, 3.8) is 0 Å². The molecule has 0 aliphatic heterocycles. The molecule has 2 N–H and O–H groups in total. The van der Waals surface area contributed by atoms with Crippen molar-refractivity contribution >= 4 is 17.6 Å². The van der Waals surface area contributed by atoms with Crippen LogP contribution >= 0.6 is 0 Å². The highest BCUT2D eigenvalue weighted by atomic mass is 16.5. The molecular weight excluding hydrogens is 298 g/mol. The van der Waals surface area contributed by atoms with Crippen LogP contribution in [0.3, 0.4) is 0 Å². The molecule has 0 spiro atoms. The summed E-state index contributed by atoms with van der Waals surface area (Å²) >= 11 is 0. The average Bonchev–Trinajstić information content (AvgIpc) is 3.05. The van der Waals surface area contributed by atoms with E-state index in [0.29, 0.717) is 23.8 Å². The Kier molecular flexibility index (Phi) is 5.84. The number of rotatable bonds is 7. The molecule has 0 radical (unpaired) electrons. The average molecular weight is 321 g/mol. The number of benzene rings is 1. The van der Waals surface area contributed by atoms with Gasteiger partial charge < -0.3 is 19.9 Å². The topological polar surface area (TPSA) is 84.9 Å². The molecule has 1 aromatic carbocycles. The van der Waals surface area contributed by atoms with Crippen LogP contribution in [-0.2, 0) is 4.79 Å². The minimum atomic E-state index is -1.09. The molecule has 6 nitrogen and oxygen atoms in total. The normalized spacial score (nSPS) is 14.5. The maximum absolute atomic E-state index is 12.2. The first-order valence-corrected chi connectivity index (χ1v) is 7.84. The summed E-state index contributed by atoms with van der Waals surface area (Å²) in [4.78, 5) is 23.4. The van der Waals surface area contributed by atoms with Crippen LogP contribution in [0.4, 0.5) is 5.69 Å². The zero-order chi connectivity index (χ0) is 16.8. The van der Waals surface area contributed by atoms with Crippen molar-refractivity contribution in [1.29, 1.82) is 0 Å². The number of carbonyl (C=O) groups excluding carboxylic acids is 1. The van der Waals surface area contributed by atoms with E-state index in [9.17, 15) is 9.59 Å². The van der Waals surface area contributed by atoms with E-state index in [4.69, 9.17) is 14.6 Å². The van der Waals surface area contributed by atoms with Crippen LogP contribution in [0.2, 0.25) is 0 Å². The molecule has 0 atom stereocenters. The predicted octanol–water partition coefficient (Wildman–Crippen LogP) is 3.31. The summed E-state index contributed by atoms with van der Waals surface area (Å²) in [6.45, 7) is 0. The van der Waals surface area contributed by atoms with Crippen molar-refractivity contribution in [2.75, 3.05) is 19.5 Å². The number of carbonyl (C=O) groups is 2. The largest absolute Gasteiger partial charge is 0.493 e. The molecule has 1 aliphatic carbocycles. The zero-order valence-electron chi connectivity index (χ0n) is 13.6. The molecule has 2 rings (SSSR count). The maximum Gasteiger partial charge on any atom is 0.335 e. The van der Waals surface area contributed by atoms with Crippen LogP contribution in [0.25, 0.3) is 0 Å². The lowest BCUT2D eigenvalue weighted by Gasteiger charge is -2.15. The van der Waals surface area contributed by atoms with Gasteiger partial charge in [0.1, 0.15) is 0 Å². The number of aromatic carboxylic acids is 1. The van der Waals surface area contributed by atoms with Crippen LogP contribution in [0.5, 0.6) is 11.5 Å². The van der Waals surface area contributed by atoms with Crippen molar-refractivity contribution < 1.29 is 24.2 Å². The van der Waals surface area contributed by atoms with Crippen LogP contribution in [-0.4, -0.2) is 31.2 Å². The van der Waals surface area contributed by atoms with Gasteiger partial charge in [-0.05, 0) is 24.5 Å². The van der Waals surface area contributed by atoms with Gasteiger partial charge >= 0.3 is 5.97 Å². The van der Waals surface area contributed by atoms with Crippen molar-refractivity contribution in [2.45, 2.75) is 38.5 Å². The van der Waals surface area contributed by atoms with Crippen LogP contribution in [0.1, 0.15) is 48.9 Å². The highest BCUT2D eigenvalue weighted by molar-refractivity contribution is 5.96. The quantitative estimate of drug-likeness (QED) is 0.805. The SMILES string of the molecule is COc1cc(C(=O)O)cc(NC(=O)CCC2CCCC2)c1OC. The second kappa shape index (κ2) is 7.85. The number of ether oxygens (including phenoxy) is 2. The third-order valence-corrected chi connectivity index (χ3v) is 4.25. The van der Waals surface area contributed by atoms with E-state index < -0.39 is 5.97 Å². The number of carboxylic acid groups (broad SMARTS) is 1. The van der Waals surface area contributed by atoms with Gasteiger partial charge in [-0.2, -0.15) is 0 Å². The number of anilines is 1. The number of hydrogen-bond donors (Lipinski definition) is 2. The van der Waals surface area contributed by atoms with Crippen LogP contribution in [0, 0.1) is 5.92 Å². The Balaban J connectivity index is 2.11. The van der Waals surface area contributed by atoms with E-state index in [2.05, 4.69) is 5.32 Å². The van der Waals surface area contributed by atoms with Gasteiger partial charge in [-0.3, -0.25) is 4.79 Å². The summed E-state index contributed by atoms with van der Waals surface area (Å²) in [5.41, 5.74) is 0.356.